The first-order chi connectivity index (χ1) is 9.97. The third-order valence-corrected chi connectivity index (χ3v) is 3.46. The second-order valence-corrected chi connectivity index (χ2v) is 4.84. The molecule has 8 heteroatoms. The van der Waals surface area contributed by atoms with Gasteiger partial charge in [0.05, 0.1) is 17.3 Å². The van der Waals surface area contributed by atoms with Crippen LogP contribution >= 0.6 is 23.8 Å². The Kier molecular flexibility index (Phi) is 4.54. The number of carbonyl (C=O) groups excluding carboxylic acids is 3. The van der Waals surface area contributed by atoms with Gasteiger partial charge in [-0.3, -0.25) is 19.3 Å². The fourth-order valence-electron chi connectivity index (χ4n) is 1.83. The van der Waals surface area contributed by atoms with E-state index in [1.807, 2.05) is 0 Å². The van der Waals surface area contributed by atoms with Crippen molar-refractivity contribution in [3.63, 3.8) is 0 Å². The number of rotatable bonds is 4. The highest BCUT2D eigenvalue weighted by Crippen LogP contribution is 2.29. The van der Waals surface area contributed by atoms with E-state index in [9.17, 15) is 14.4 Å². The molecule has 0 radical (unpaired) electrons. The number of thiocarbonyl (C=S) groups is 1. The number of hydrogen-bond acceptors (Lipinski definition) is 5. The van der Waals surface area contributed by atoms with Crippen LogP contribution in [0, 0.1) is 0 Å². The lowest BCUT2D eigenvalue weighted by Crippen LogP contribution is -2.37. The van der Waals surface area contributed by atoms with Crippen molar-refractivity contribution >= 4 is 52.4 Å². The van der Waals surface area contributed by atoms with Crippen LogP contribution < -0.4 is 4.90 Å². The zero-order valence-electron chi connectivity index (χ0n) is 11.0. The Morgan fingerprint density at radius 1 is 1.29 bits per heavy atom. The van der Waals surface area contributed by atoms with Crippen LogP contribution in [0.2, 0.25) is 5.02 Å². The number of halogens is 1. The smallest absolute Gasteiger partial charge is 0.326 e. The molecule has 0 unspecified atom stereocenters. The van der Waals surface area contributed by atoms with Gasteiger partial charge in [0, 0.05) is 0 Å². The maximum Gasteiger partial charge on any atom is 0.326 e. The van der Waals surface area contributed by atoms with Crippen LogP contribution in [0.5, 0.6) is 0 Å². The second-order valence-electron chi connectivity index (χ2n) is 4.07. The number of benzene rings is 1. The maximum absolute atomic E-state index is 12.1. The second kappa shape index (κ2) is 6.19. The summed E-state index contributed by atoms with van der Waals surface area (Å²) in [5.41, 5.74) is 0.300. The SMILES string of the molecule is CCOC(=O)CN1C(=O)C(=O)N(c2ccccc2Cl)C1=S. The fourth-order valence-corrected chi connectivity index (χ4v) is 2.38. The highest BCUT2D eigenvalue weighted by molar-refractivity contribution is 7.80. The molecule has 1 aromatic rings. The third-order valence-electron chi connectivity index (χ3n) is 2.74. The Bertz CT molecular complexity index is 634. The van der Waals surface area contributed by atoms with Crippen LogP contribution in [0.4, 0.5) is 5.69 Å². The summed E-state index contributed by atoms with van der Waals surface area (Å²) in [5.74, 6) is -2.37. The van der Waals surface area contributed by atoms with E-state index in [4.69, 9.17) is 28.6 Å². The van der Waals surface area contributed by atoms with Gasteiger partial charge in [-0.05, 0) is 31.3 Å². The van der Waals surface area contributed by atoms with E-state index in [1.54, 1.807) is 31.2 Å². The molecule has 0 aromatic heterocycles. The van der Waals surface area contributed by atoms with Crippen molar-refractivity contribution < 1.29 is 19.1 Å². The monoisotopic (exact) mass is 326 g/mol. The molecule has 0 bridgehead atoms. The normalized spacial score (nSPS) is 14.9. The summed E-state index contributed by atoms with van der Waals surface area (Å²) in [6.45, 7) is 1.41. The average Bonchev–Trinajstić information content (AvgIpc) is 2.64. The first-order valence-electron chi connectivity index (χ1n) is 6.07. The summed E-state index contributed by atoms with van der Waals surface area (Å²) in [5, 5.41) is 0.185. The van der Waals surface area contributed by atoms with Gasteiger partial charge < -0.3 is 4.74 Å². The Morgan fingerprint density at radius 3 is 2.57 bits per heavy atom. The molecular weight excluding hydrogens is 316 g/mol. The zero-order chi connectivity index (χ0) is 15.6. The van der Waals surface area contributed by atoms with Crippen molar-refractivity contribution in [3.8, 4) is 0 Å². The predicted molar refractivity (Wildman–Crippen MR) is 79.9 cm³/mol. The van der Waals surface area contributed by atoms with E-state index < -0.39 is 24.3 Å². The van der Waals surface area contributed by atoms with E-state index in [0.717, 1.165) is 9.80 Å². The Balaban J connectivity index is 2.29. The van der Waals surface area contributed by atoms with E-state index in [0.29, 0.717) is 5.69 Å². The molecule has 1 heterocycles. The standard InChI is InChI=1S/C13H11ClN2O4S/c1-2-20-10(17)7-15-11(18)12(19)16(13(15)21)9-6-4-3-5-8(9)14/h3-6H,2,7H2,1H3. The Hall–Kier alpha value is -1.99. The van der Waals surface area contributed by atoms with Crippen LogP contribution in [-0.4, -0.2) is 40.9 Å². The minimum atomic E-state index is -0.882. The molecule has 0 spiro atoms. The molecule has 1 aromatic carbocycles. The van der Waals surface area contributed by atoms with Gasteiger partial charge in [-0.1, -0.05) is 23.7 Å². The molecule has 1 aliphatic rings. The van der Waals surface area contributed by atoms with Crippen LogP contribution in [0.3, 0.4) is 0 Å². The third kappa shape index (κ3) is 2.88. The summed E-state index contributed by atoms with van der Waals surface area (Å²) in [4.78, 5) is 37.4. The first-order valence-corrected chi connectivity index (χ1v) is 6.86. The van der Waals surface area contributed by atoms with Gasteiger partial charge in [0.25, 0.3) is 0 Å². The van der Waals surface area contributed by atoms with Gasteiger partial charge in [-0.15, -0.1) is 0 Å². The van der Waals surface area contributed by atoms with E-state index in [1.165, 1.54) is 0 Å². The Labute approximate surface area is 131 Å². The molecule has 0 N–H and O–H groups in total. The molecule has 0 aliphatic carbocycles. The molecule has 1 saturated heterocycles. The quantitative estimate of drug-likeness (QED) is 0.475. The topological polar surface area (TPSA) is 66.9 Å². The summed E-state index contributed by atoms with van der Waals surface area (Å²) >= 11 is 11.1. The highest BCUT2D eigenvalue weighted by Gasteiger charge is 2.44. The fraction of sp³-hybridized carbons (Fsp3) is 0.231. The van der Waals surface area contributed by atoms with Gasteiger partial charge in [-0.25, -0.2) is 4.90 Å². The molecule has 1 aliphatic heterocycles. The molecule has 21 heavy (non-hydrogen) atoms. The first kappa shape index (κ1) is 15.4. The van der Waals surface area contributed by atoms with Crippen molar-refractivity contribution in [1.82, 2.24) is 4.90 Å². The summed E-state index contributed by atoms with van der Waals surface area (Å²) in [7, 11) is 0. The van der Waals surface area contributed by atoms with Gasteiger partial charge in [-0.2, -0.15) is 0 Å². The van der Waals surface area contributed by atoms with Crippen LogP contribution in [0.25, 0.3) is 0 Å². The number of ether oxygens (including phenoxy) is 1. The highest BCUT2D eigenvalue weighted by atomic mass is 35.5. The minimum absolute atomic E-state index is 0.0915. The van der Waals surface area contributed by atoms with Crippen molar-refractivity contribution in [2.45, 2.75) is 6.92 Å². The van der Waals surface area contributed by atoms with Gasteiger partial charge >= 0.3 is 17.8 Å². The molecular formula is C13H11ClN2O4S. The molecule has 2 amide bonds. The lowest BCUT2D eigenvalue weighted by Gasteiger charge is -2.18. The molecule has 0 saturated carbocycles. The number of anilines is 1. The van der Waals surface area contributed by atoms with Crippen molar-refractivity contribution in [1.29, 1.82) is 0 Å². The number of hydrogen-bond donors (Lipinski definition) is 0. The number of amides is 2. The number of nitrogens with zero attached hydrogens (tertiary/aromatic N) is 2. The summed E-state index contributed by atoms with van der Waals surface area (Å²) in [6, 6.07) is 6.49. The lowest BCUT2D eigenvalue weighted by atomic mass is 10.3. The van der Waals surface area contributed by atoms with Gasteiger partial charge in [0.1, 0.15) is 6.54 Å². The lowest BCUT2D eigenvalue weighted by molar-refractivity contribution is -0.147. The molecule has 0 atom stereocenters. The zero-order valence-corrected chi connectivity index (χ0v) is 12.6. The van der Waals surface area contributed by atoms with E-state index >= 15 is 0 Å². The minimum Gasteiger partial charge on any atom is -0.465 e. The maximum atomic E-state index is 12.1. The van der Waals surface area contributed by atoms with Crippen molar-refractivity contribution in [2.24, 2.45) is 0 Å². The average molecular weight is 327 g/mol. The number of carbonyl (C=O) groups is 3. The van der Waals surface area contributed by atoms with Crippen molar-refractivity contribution in [3.05, 3.63) is 29.3 Å². The Morgan fingerprint density at radius 2 is 1.95 bits per heavy atom. The van der Waals surface area contributed by atoms with Crippen LogP contribution in [0.1, 0.15) is 6.92 Å². The molecule has 1 fully saturated rings. The molecule has 2 rings (SSSR count). The molecule has 6 nitrogen and oxygen atoms in total. The van der Waals surface area contributed by atoms with Gasteiger partial charge in [0.2, 0.25) is 0 Å². The van der Waals surface area contributed by atoms with Gasteiger partial charge in [0.15, 0.2) is 5.11 Å². The van der Waals surface area contributed by atoms with E-state index in [-0.39, 0.29) is 16.7 Å². The summed E-state index contributed by atoms with van der Waals surface area (Å²) in [6.07, 6.45) is 0. The number of para-hydroxylation sites is 1. The van der Waals surface area contributed by atoms with Crippen LogP contribution in [0.15, 0.2) is 24.3 Å². The predicted octanol–water partition coefficient (Wildman–Crippen LogP) is 1.36. The van der Waals surface area contributed by atoms with E-state index in [2.05, 4.69) is 0 Å². The largest absolute Gasteiger partial charge is 0.465 e. The molecule has 110 valence electrons. The van der Waals surface area contributed by atoms with Crippen molar-refractivity contribution in [2.75, 3.05) is 18.1 Å². The number of esters is 1. The van der Waals surface area contributed by atoms with Crippen LogP contribution in [-0.2, 0) is 19.1 Å². The summed E-state index contributed by atoms with van der Waals surface area (Å²) < 4.78 is 4.75.